The van der Waals surface area contributed by atoms with Gasteiger partial charge in [-0.25, -0.2) is 13.1 Å². The molecule has 6 nitrogen and oxygen atoms in total. The summed E-state index contributed by atoms with van der Waals surface area (Å²) in [6, 6.07) is 0.483. The van der Waals surface area contributed by atoms with Gasteiger partial charge in [-0.1, -0.05) is 11.6 Å². The fourth-order valence-electron chi connectivity index (χ4n) is 1.75. The van der Waals surface area contributed by atoms with Crippen LogP contribution < -0.4 is 4.72 Å². The van der Waals surface area contributed by atoms with Crippen molar-refractivity contribution in [2.45, 2.75) is 17.2 Å². The minimum Gasteiger partial charge on any atom is -0.481 e. The number of carbonyl (C=O) groups is 1. The van der Waals surface area contributed by atoms with Crippen molar-refractivity contribution in [3.8, 4) is 0 Å². The number of hydrogen-bond donors (Lipinski definition) is 2. The van der Waals surface area contributed by atoms with Gasteiger partial charge in [-0.15, -0.1) is 11.3 Å². The number of thiophene rings is 1. The maximum atomic E-state index is 12.2. The average Bonchev–Trinajstić information content (AvgIpc) is 2.86. The Morgan fingerprint density at radius 2 is 2.35 bits per heavy atom. The van der Waals surface area contributed by atoms with E-state index in [-0.39, 0.29) is 17.4 Å². The first kappa shape index (κ1) is 16.2. The molecule has 112 valence electrons. The van der Waals surface area contributed by atoms with Gasteiger partial charge >= 0.3 is 5.97 Å². The second kappa shape index (κ2) is 5.54. The maximum Gasteiger partial charge on any atom is 0.313 e. The van der Waals surface area contributed by atoms with Gasteiger partial charge in [0.25, 0.3) is 10.0 Å². The summed E-state index contributed by atoms with van der Waals surface area (Å²) in [5, 5.41) is 9.51. The molecule has 0 aromatic carbocycles. The predicted octanol–water partition coefficient (Wildman–Crippen LogP) is 1.93. The van der Waals surface area contributed by atoms with E-state index in [1.807, 2.05) is 0 Å². The fourth-order valence-corrected chi connectivity index (χ4v) is 5.50. The van der Waals surface area contributed by atoms with E-state index in [9.17, 15) is 18.3 Å². The topological polar surface area (TPSA) is 92.7 Å². The summed E-state index contributed by atoms with van der Waals surface area (Å²) in [4.78, 5) is 11.3. The molecule has 10 heteroatoms. The van der Waals surface area contributed by atoms with Crippen LogP contribution >= 0.6 is 38.9 Å². The summed E-state index contributed by atoms with van der Waals surface area (Å²) in [6.07, 6.45) is 0. The molecule has 1 saturated heterocycles. The van der Waals surface area contributed by atoms with Crippen LogP contribution in [0.25, 0.3) is 0 Å². The molecule has 2 unspecified atom stereocenters. The highest BCUT2D eigenvalue weighted by molar-refractivity contribution is 9.11. The number of halogens is 2. The number of aliphatic carboxylic acids is 1. The molecule has 1 aliphatic heterocycles. The molecule has 1 aromatic heterocycles. The van der Waals surface area contributed by atoms with Gasteiger partial charge in [0.05, 0.1) is 28.1 Å². The summed E-state index contributed by atoms with van der Waals surface area (Å²) in [5.74, 6) is -1.10. The Labute approximate surface area is 133 Å². The van der Waals surface area contributed by atoms with Crippen molar-refractivity contribution in [1.82, 2.24) is 4.72 Å². The Bertz CT molecular complexity index is 627. The highest BCUT2D eigenvalue weighted by Crippen LogP contribution is 2.36. The molecule has 2 N–H and O–H groups in total. The zero-order valence-corrected chi connectivity index (χ0v) is 14.2. The fraction of sp³-hybridized carbons (Fsp3) is 0.500. The van der Waals surface area contributed by atoms with E-state index in [0.717, 1.165) is 11.3 Å². The summed E-state index contributed by atoms with van der Waals surface area (Å²) in [6.45, 7) is 1.43. The van der Waals surface area contributed by atoms with E-state index < -0.39 is 27.4 Å². The number of carboxylic acids is 1. The summed E-state index contributed by atoms with van der Waals surface area (Å²) >= 11 is 9.91. The van der Waals surface area contributed by atoms with Crippen molar-refractivity contribution in [3.05, 3.63) is 14.9 Å². The van der Waals surface area contributed by atoms with E-state index >= 15 is 0 Å². The van der Waals surface area contributed by atoms with Crippen LogP contribution in [0.15, 0.2) is 14.1 Å². The molecule has 1 fully saturated rings. The quantitative estimate of drug-likeness (QED) is 0.800. The minimum atomic E-state index is -3.84. The van der Waals surface area contributed by atoms with E-state index in [1.165, 1.54) is 13.0 Å². The van der Waals surface area contributed by atoms with Crippen molar-refractivity contribution in [1.29, 1.82) is 0 Å². The Hall–Kier alpha value is -0.190. The van der Waals surface area contributed by atoms with Crippen molar-refractivity contribution in [3.63, 3.8) is 0 Å². The van der Waals surface area contributed by atoms with E-state index in [4.69, 9.17) is 16.3 Å². The van der Waals surface area contributed by atoms with Crippen molar-refractivity contribution >= 4 is 54.9 Å². The molecular weight excluding hydrogens is 394 g/mol. The molecule has 0 spiro atoms. The molecule has 2 heterocycles. The first-order chi connectivity index (χ1) is 9.17. The molecular formula is C10H11BrClNO5S2. The summed E-state index contributed by atoms with van der Waals surface area (Å²) < 4.78 is 32.5. The Morgan fingerprint density at radius 1 is 1.70 bits per heavy atom. The largest absolute Gasteiger partial charge is 0.481 e. The van der Waals surface area contributed by atoms with Crippen molar-refractivity contribution in [2.24, 2.45) is 5.41 Å². The van der Waals surface area contributed by atoms with Gasteiger partial charge < -0.3 is 9.84 Å². The Kier molecular flexibility index (Phi) is 4.49. The lowest BCUT2D eigenvalue weighted by Gasteiger charge is -2.24. The number of nitrogens with one attached hydrogen (secondary N) is 1. The lowest BCUT2D eigenvalue weighted by molar-refractivity contribution is -0.148. The number of ether oxygens (including phenoxy) is 1. The van der Waals surface area contributed by atoms with Crippen LogP contribution in [-0.4, -0.2) is 38.7 Å². The van der Waals surface area contributed by atoms with Gasteiger partial charge in [-0.2, -0.15) is 0 Å². The molecule has 1 aliphatic rings. The molecule has 2 atom stereocenters. The van der Waals surface area contributed by atoms with Crippen LogP contribution in [0.4, 0.5) is 0 Å². The third kappa shape index (κ3) is 2.88. The molecule has 2 rings (SSSR count). The zero-order chi connectivity index (χ0) is 15.1. The van der Waals surface area contributed by atoms with Crippen molar-refractivity contribution < 1.29 is 23.1 Å². The maximum absolute atomic E-state index is 12.2. The first-order valence-electron chi connectivity index (χ1n) is 5.45. The van der Waals surface area contributed by atoms with E-state index in [1.54, 1.807) is 0 Å². The normalized spacial score (nSPS) is 26.9. The van der Waals surface area contributed by atoms with Gasteiger partial charge in [0, 0.05) is 0 Å². The van der Waals surface area contributed by atoms with Gasteiger partial charge in [-0.3, -0.25) is 4.79 Å². The lowest BCUT2D eigenvalue weighted by Crippen LogP contribution is -2.49. The molecule has 20 heavy (non-hydrogen) atoms. The molecule has 0 saturated carbocycles. The number of rotatable bonds is 4. The van der Waals surface area contributed by atoms with Crippen LogP contribution in [0.1, 0.15) is 6.92 Å². The first-order valence-corrected chi connectivity index (χ1v) is 8.92. The van der Waals surface area contributed by atoms with Gasteiger partial charge in [0.2, 0.25) is 0 Å². The zero-order valence-electron chi connectivity index (χ0n) is 10.2. The average molecular weight is 405 g/mol. The predicted molar refractivity (Wildman–Crippen MR) is 77.7 cm³/mol. The minimum absolute atomic E-state index is 0.0162. The Balaban J connectivity index is 2.27. The smallest absolute Gasteiger partial charge is 0.313 e. The number of sulfonamides is 1. The van der Waals surface area contributed by atoms with E-state index in [0.29, 0.717) is 8.81 Å². The van der Waals surface area contributed by atoms with Crippen LogP contribution in [-0.2, 0) is 19.6 Å². The summed E-state index contributed by atoms with van der Waals surface area (Å²) in [5.41, 5.74) is -1.29. The third-order valence-corrected chi connectivity index (χ3v) is 7.55. The number of carboxylic acid groups (broad SMARTS) is 1. The standard InChI is InChI=1S/C10H11BrClNO5S2/c1-10(9(14)15)4-18-3-6(10)13-20(16,17)7-2-5(12)8(11)19-7/h2,6,13H,3-4H2,1H3,(H,14,15). The van der Waals surface area contributed by atoms with Crippen molar-refractivity contribution in [2.75, 3.05) is 13.2 Å². The third-order valence-electron chi connectivity index (χ3n) is 3.13. The molecule has 1 aromatic rings. The van der Waals surface area contributed by atoms with E-state index in [2.05, 4.69) is 20.7 Å². The highest BCUT2D eigenvalue weighted by Gasteiger charge is 2.48. The van der Waals surface area contributed by atoms with Gasteiger partial charge in [0.1, 0.15) is 9.62 Å². The lowest BCUT2D eigenvalue weighted by atomic mass is 9.86. The summed E-state index contributed by atoms with van der Waals surface area (Å²) in [7, 11) is -3.84. The number of hydrogen-bond acceptors (Lipinski definition) is 5. The highest BCUT2D eigenvalue weighted by atomic mass is 79.9. The molecule has 0 aliphatic carbocycles. The molecule has 0 amide bonds. The Morgan fingerprint density at radius 3 is 2.85 bits per heavy atom. The second-order valence-corrected chi connectivity index (χ2v) is 9.32. The molecule has 0 bridgehead atoms. The van der Waals surface area contributed by atoms with Crippen LogP contribution in [0, 0.1) is 5.41 Å². The second-order valence-electron chi connectivity index (χ2n) is 4.60. The van der Waals surface area contributed by atoms with Gasteiger partial charge in [-0.05, 0) is 28.9 Å². The monoisotopic (exact) mass is 403 g/mol. The van der Waals surface area contributed by atoms with Crippen LogP contribution in [0.3, 0.4) is 0 Å². The molecule has 0 radical (unpaired) electrons. The van der Waals surface area contributed by atoms with Gasteiger partial charge in [0.15, 0.2) is 0 Å². The van der Waals surface area contributed by atoms with Crippen LogP contribution in [0.5, 0.6) is 0 Å². The van der Waals surface area contributed by atoms with Crippen LogP contribution in [0.2, 0.25) is 5.02 Å². The SMILES string of the molecule is CC1(C(=O)O)COCC1NS(=O)(=O)c1cc(Cl)c(Br)s1.